The largest absolute Gasteiger partial charge is 0.380 e. The molecule has 4 nitrogen and oxygen atoms in total. The van der Waals surface area contributed by atoms with Gasteiger partial charge in [0.2, 0.25) is 0 Å². The van der Waals surface area contributed by atoms with Crippen LogP contribution in [0.25, 0.3) is 0 Å². The third-order valence-corrected chi connectivity index (χ3v) is 6.68. The second kappa shape index (κ2) is 4.59. The molecule has 6 atom stereocenters. The molecule has 5 aliphatic rings. The summed E-state index contributed by atoms with van der Waals surface area (Å²) >= 11 is 0. The van der Waals surface area contributed by atoms with Crippen molar-refractivity contribution >= 4 is 5.69 Å². The van der Waals surface area contributed by atoms with Gasteiger partial charge in [0.1, 0.15) is 5.60 Å². The molecule has 122 valence electrons. The fourth-order valence-corrected chi connectivity index (χ4v) is 5.51. The molecule has 1 aromatic carbocycles. The number of rotatable bonds is 2. The molecule has 0 aliphatic carbocycles. The van der Waals surface area contributed by atoms with Crippen molar-refractivity contribution in [2.45, 2.75) is 36.6 Å². The quantitative estimate of drug-likeness (QED) is 0.823. The van der Waals surface area contributed by atoms with Crippen LogP contribution in [0.1, 0.15) is 24.8 Å². The molecule has 1 aromatic rings. The van der Waals surface area contributed by atoms with Crippen LogP contribution in [-0.4, -0.2) is 41.5 Å². The number of hydrogen-bond acceptors (Lipinski definition) is 4. The van der Waals surface area contributed by atoms with Crippen molar-refractivity contribution in [3.63, 3.8) is 0 Å². The van der Waals surface area contributed by atoms with Gasteiger partial charge >= 0.3 is 0 Å². The van der Waals surface area contributed by atoms with E-state index in [0.717, 1.165) is 30.8 Å². The summed E-state index contributed by atoms with van der Waals surface area (Å²) in [6.07, 6.45) is 5.08. The molecular formula is C19H24N2O2. The highest BCUT2D eigenvalue weighted by Crippen LogP contribution is 2.57. The number of ether oxygens (including phenoxy) is 1. The van der Waals surface area contributed by atoms with Crippen molar-refractivity contribution < 1.29 is 9.84 Å². The summed E-state index contributed by atoms with van der Waals surface area (Å²) in [4.78, 5) is 2.52. The van der Waals surface area contributed by atoms with Crippen molar-refractivity contribution in [2.24, 2.45) is 11.8 Å². The summed E-state index contributed by atoms with van der Waals surface area (Å²) in [5.41, 5.74) is 0.412. The Labute approximate surface area is 137 Å². The summed E-state index contributed by atoms with van der Waals surface area (Å²) in [7, 11) is 0. The molecule has 5 heterocycles. The highest BCUT2D eigenvalue weighted by atomic mass is 16.5. The highest BCUT2D eigenvalue weighted by molar-refractivity contribution is 5.63. The van der Waals surface area contributed by atoms with Gasteiger partial charge < -0.3 is 15.2 Å². The molecule has 23 heavy (non-hydrogen) atoms. The Hall–Kier alpha value is -1.36. The smallest absolute Gasteiger partial charge is 0.187 e. The highest BCUT2D eigenvalue weighted by Gasteiger charge is 2.67. The zero-order valence-electron chi connectivity index (χ0n) is 13.4. The number of fused-ring (bicyclic) bond motifs is 7. The minimum absolute atomic E-state index is 0.220. The van der Waals surface area contributed by atoms with E-state index in [1.165, 1.54) is 6.42 Å². The summed E-state index contributed by atoms with van der Waals surface area (Å²) in [5, 5.41) is 15.2. The number of nitrogens with one attached hydrogen (secondary N) is 1. The van der Waals surface area contributed by atoms with Gasteiger partial charge in [0.15, 0.2) is 5.72 Å². The fraction of sp³-hybridized carbons (Fsp3) is 0.579. The van der Waals surface area contributed by atoms with E-state index in [-0.39, 0.29) is 6.04 Å². The second-order valence-electron chi connectivity index (χ2n) is 7.56. The van der Waals surface area contributed by atoms with Crippen molar-refractivity contribution in [3.8, 4) is 0 Å². The molecule has 0 spiro atoms. The van der Waals surface area contributed by atoms with Gasteiger partial charge in [-0.1, -0.05) is 24.3 Å². The molecule has 4 heteroatoms. The number of hydrogen-bond donors (Lipinski definition) is 2. The Morgan fingerprint density at radius 2 is 2.26 bits per heavy atom. The molecule has 0 radical (unpaired) electrons. The molecule has 4 fully saturated rings. The van der Waals surface area contributed by atoms with Gasteiger partial charge in [-0.3, -0.25) is 4.90 Å². The molecule has 2 N–H and O–H groups in total. The maximum absolute atomic E-state index is 11.6. The van der Waals surface area contributed by atoms with E-state index in [1.54, 1.807) is 0 Å². The molecule has 0 amide bonds. The third kappa shape index (κ3) is 1.61. The van der Waals surface area contributed by atoms with Crippen LogP contribution in [0, 0.1) is 11.8 Å². The number of nitrogens with zero attached hydrogens (tertiary/aromatic N) is 1. The predicted molar refractivity (Wildman–Crippen MR) is 89.0 cm³/mol. The van der Waals surface area contributed by atoms with Crippen LogP contribution in [0.2, 0.25) is 0 Å². The van der Waals surface area contributed by atoms with E-state index < -0.39 is 11.3 Å². The first-order valence-corrected chi connectivity index (χ1v) is 8.78. The second-order valence-corrected chi connectivity index (χ2v) is 7.56. The van der Waals surface area contributed by atoms with Crippen LogP contribution < -0.4 is 5.32 Å². The molecule has 6 rings (SSSR count). The van der Waals surface area contributed by atoms with Gasteiger partial charge in [0.25, 0.3) is 0 Å². The normalized spacial score (nSPS) is 47.0. The molecule has 0 aromatic heterocycles. The van der Waals surface area contributed by atoms with Gasteiger partial charge in [0, 0.05) is 24.2 Å². The van der Waals surface area contributed by atoms with E-state index in [0.29, 0.717) is 24.9 Å². The molecule has 2 bridgehead atoms. The van der Waals surface area contributed by atoms with Crippen molar-refractivity contribution in [3.05, 3.63) is 42.5 Å². The molecular weight excluding hydrogens is 288 g/mol. The van der Waals surface area contributed by atoms with Crippen LogP contribution in [0.4, 0.5) is 5.69 Å². The van der Waals surface area contributed by atoms with Crippen LogP contribution in [0.3, 0.4) is 0 Å². The number of para-hydroxylation sites is 1. The van der Waals surface area contributed by atoms with Gasteiger partial charge in [-0.2, -0.15) is 0 Å². The van der Waals surface area contributed by atoms with E-state index in [1.807, 2.05) is 18.2 Å². The maximum atomic E-state index is 11.6. The Morgan fingerprint density at radius 1 is 1.39 bits per heavy atom. The molecule has 5 aliphatic heterocycles. The van der Waals surface area contributed by atoms with Crippen LogP contribution in [-0.2, 0) is 10.3 Å². The SMILES string of the molecule is C=C[C@@H]1CN2CC[C@H]1C[C@@H]2[C@@]12Nc3ccccc3[C@]1(O)CCO2. The van der Waals surface area contributed by atoms with Crippen LogP contribution in [0.5, 0.6) is 0 Å². The number of benzene rings is 1. The monoisotopic (exact) mass is 312 g/mol. The zero-order chi connectivity index (χ0) is 15.7. The zero-order valence-corrected chi connectivity index (χ0v) is 13.4. The average Bonchev–Trinajstić information content (AvgIpc) is 3.05. The topological polar surface area (TPSA) is 44.7 Å². The van der Waals surface area contributed by atoms with Crippen molar-refractivity contribution in [1.82, 2.24) is 4.90 Å². The van der Waals surface area contributed by atoms with Crippen molar-refractivity contribution in [1.29, 1.82) is 0 Å². The summed E-state index contributed by atoms with van der Waals surface area (Å²) < 4.78 is 6.28. The minimum Gasteiger partial charge on any atom is -0.380 e. The number of aliphatic hydroxyl groups is 1. The lowest BCUT2D eigenvalue weighted by molar-refractivity contribution is -0.168. The van der Waals surface area contributed by atoms with Crippen LogP contribution >= 0.6 is 0 Å². The molecule has 1 unspecified atom stereocenters. The van der Waals surface area contributed by atoms with Gasteiger partial charge in [0.05, 0.1) is 12.6 Å². The first-order valence-electron chi connectivity index (χ1n) is 8.78. The fourth-order valence-electron chi connectivity index (χ4n) is 5.51. The Kier molecular flexibility index (Phi) is 2.80. The van der Waals surface area contributed by atoms with E-state index in [4.69, 9.17) is 4.74 Å². The average molecular weight is 312 g/mol. The Morgan fingerprint density at radius 3 is 3.04 bits per heavy atom. The number of piperidine rings is 3. The first kappa shape index (κ1) is 14.0. The van der Waals surface area contributed by atoms with E-state index >= 15 is 0 Å². The lowest BCUT2D eigenvalue weighted by atomic mass is 9.70. The lowest BCUT2D eigenvalue weighted by Crippen LogP contribution is -2.68. The van der Waals surface area contributed by atoms with Gasteiger partial charge in [-0.15, -0.1) is 6.58 Å². The molecule has 4 saturated heterocycles. The Balaban J connectivity index is 1.57. The molecule has 0 saturated carbocycles. The maximum Gasteiger partial charge on any atom is 0.187 e. The van der Waals surface area contributed by atoms with Crippen molar-refractivity contribution in [2.75, 3.05) is 25.0 Å². The third-order valence-electron chi connectivity index (χ3n) is 6.68. The first-order chi connectivity index (χ1) is 11.2. The lowest BCUT2D eigenvalue weighted by Gasteiger charge is -2.55. The summed E-state index contributed by atoms with van der Waals surface area (Å²) in [6, 6.07) is 8.35. The van der Waals surface area contributed by atoms with Crippen LogP contribution in [0.15, 0.2) is 36.9 Å². The summed E-state index contributed by atoms with van der Waals surface area (Å²) in [6.45, 7) is 6.76. The van der Waals surface area contributed by atoms with E-state index in [2.05, 4.69) is 28.9 Å². The van der Waals surface area contributed by atoms with Gasteiger partial charge in [-0.25, -0.2) is 0 Å². The predicted octanol–water partition coefficient (Wildman–Crippen LogP) is 2.31. The standard InChI is InChI=1S/C19H24N2O2/c1-2-13-12-21-9-7-14(13)11-17(21)19-18(22,8-10-23-19)15-5-3-4-6-16(15)20-19/h2-6,13-14,17,20,22H,1,7-12H2/t13-,14+,17-,18-,19+/m1/s1. The van der Waals surface area contributed by atoms with Gasteiger partial charge in [-0.05, 0) is 37.3 Å². The Bertz CT molecular complexity index is 663. The van der Waals surface area contributed by atoms with E-state index in [9.17, 15) is 5.11 Å². The summed E-state index contributed by atoms with van der Waals surface area (Å²) in [5.74, 6) is 1.24. The number of anilines is 1. The minimum atomic E-state index is -0.921.